The van der Waals surface area contributed by atoms with Crippen LogP contribution < -0.4 is 9.47 Å². The van der Waals surface area contributed by atoms with Gasteiger partial charge in [0.05, 0.1) is 14.2 Å². The second-order valence-electron chi connectivity index (χ2n) is 6.60. The average molecular weight is 403 g/mol. The molecule has 0 aromatic heterocycles. The summed E-state index contributed by atoms with van der Waals surface area (Å²) >= 11 is 5.98. The van der Waals surface area contributed by atoms with Crippen LogP contribution >= 0.6 is 11.6 Å². The van der Waals surface area contributed by atoms with Gasteiger partial charge in [-0.05, 0) is 37.3 Å². The van der Waals surface area contributed by atoms with Crippen molar-refractivity contribution in [3.05, 3.63) is 58.1 Å². The highest BCUT2D eigenvalue weighted by atomic mass is 35.5. The Bertz CT molecular complexity index is 867. The fourth-order valence-corrected chi connectivity index (χ4v) is 3.50. The van der Waals surface area contributed by atoms with Gasteiger partial charge in [-0.3, -0.25) is 9.59 Å². The van der Waals surface area contributed by atoms with Crippen LogP contribution in [0.2, 0.25) is 5.02 Å². The van der Waals surface area contributed by atoms with Gasteiger partial charge in [-0.15, -0.1) is 0 Å². The number of methoxy groups -OCH3 is 2. The fraction of sp³-hybridized carbons (Fsp3) is 0.333. The summed E-state index contributed by atoms with van der Waals surface area (Å²) in [5, 5.41) is 0.530. The normalized spacial score (nSPS) is 14.0. The van der Waals surface area contributed by atoms with Crippen molar-refractivity contribution < 1.29 is 19.1 Å². The van der Waals surface area contributed by atoms with Crippen LogP contribution in [0.3, 0.4) is 0 Å². The summed E-state index contributed by atoms with van der Waals surface area (Å²) in [7, 11) is 3.13. The highest BCUT2D eigenvalue weighted by Crippen LogP contribution is 2.30. The third-order valence-corrected chi connectivity index (χ3v) is 5.16. The predicted octanol–water partition coefficient (Wildman–Crippen LogP) is 3.26. The van der Waals surface area contributed by atoms with Crippen molar-refractivity contribution in [3.63, 3.8) is 0 Å². The number of amides is 2. The lowest BCUT2D eigenvalue weighted by Gasteiger charge is -2.35. The second-order valence-corrected chi connectivity index (χ2v) is 7.04. The quantitative estimate of drug-likeness (QED) is 0.787. The number of halogens is 1. The van der Waals surface area contributed by atoms with Crippen LogP contribution in [0.25, 0.3) is 0 Å². The third kappa shape index (κ3) is 4.07. The summed E-state index contributed by atoms with van der Waals surface area (Å²) < 4.78 is 10.7. The molecule has 1 heterocycles. The van der Waals surface area contributed by atoms with Crippen molar-refractivity contribution in [2.45, 2.75) is 6.92 Å². The van der Waals surface area contributed by atoms with E-state index >= 15 is 0 Å². The van der Waals surface area contributed by atoms with Crippen LogP contribution in [0, 0.1) is 6.92 Å². The number of carbonyl (C=O) groups is 2. The molecule has 0 unspecified atom stereocenters. The molecule has 0 bridgehead atoms. The lowest BCUT2D eigenvalue weighted by Crippen LogP contribution is -2.50. The molecule has 1 aliphatic heterocycles. The molecule has 28 heavy (non-hydrogen) atoms. The van der Waals surface area contributed by atoms with E-state index in [-0.39, 0.29) is 11.8 Å². The van der Waals surface area contributed by atoms with Crippen molar-refractivity contribution in [2.24, 2.45) is 0 Å². The van der Waals surface area contributed by atoms with Crippen molar-refractivity contribution in [3.8, 4) is 11.5 Å². The van der Waals surface area contributed by atoms with Gasteiger partial charge in [0, 0.05) is 47.9 Å². The zero-order valence-electron chi connectivity index (χ0n) is 16.2. The van der Waals surface area contributed by atoms with E-state index in [1.807, 2.05) is 6.92 Å². The highest BCUT2D eigenvalue weighted by molar-refractivity contribution is 6.30. The lowest BCUT2D eigenvalue weighted by atomic mass is 10.1. The predicted molar refractivity (Wildman–Crippen MR) is 108 cm³/mol. The Kier molecular flexibility index (Phi) is 6.09. The van der Waals surface area contributed by atoms with Crippen LogP contribution in [0.1, 0.15) is 26.3 Å². The Morgan fingerprint density at radius 1 is 0.857 bits per heavy atom. The molecule has 2 amide bonds. The van der Waals surface area contributed by atoms with E-state index in [4.69, 9.17) is 21.1 Å². The van der Waals surface area contributed by atoms with E-state index < -0.39 is 0 Å². The highest BCUT2D eigenvalue weighted by Gasteiger charge is 2.26. The molecule has 6 nitrogen and oxygen atoms in total. The van der Waals surface area contributed by atoms with Gasteiger partial charge in [-0.1, -0.05) is 17.7 Å². The first kappa shape index (κ1) is 20.0. The first-order chi connectivity index (χ1) is 13.4. The van der Waals surface area contributed by atoms with Crippen LogP contribution in [0.4, 0.5) is 0 Å². The van der Waals surface area contributed by atoms with Gasteiger partial charge in [0.15, 0.2) is 0 Å². The first-order valence-corrected chi connectivity index (χ1v) is 9.39. The van der Waals surface area contributed by atoms with E-state index in [9.17, 15) is 9.59 Å². The van der Waals surface area contributed by atoms with Crippen LogP contribution in [-0.4, -0.2) is 62.0 Å². The number of ether oxygens (including phenoxy) is 2. The Labute approximate surface area is 169 Å². The summed E-state index contributed by atoms with van der Waals surface area (Å²) in [5.74, 6) is 1.04. The minimum atomic E-state index is -0.105. The van der Waals surface area contributed by atoms with E-state index in [2.05, 4.69) is 0 Å². The van der Waals surface area contributed by atoms with Crippen molar-refractivity contribution in [1.29, 1.82) is 0 Å². The van der Waals surface area contributed by atoms with Crippen molar-refractivity contribution in [1.82, 2.24) is 9.80 Å². The molecule has 0 aliphatic carbocycles. The van der Waals surface area contributed by atoms with Crippen molar-refractivity contribution >= 4 is 23.4 Å². The zero-order valence-corrected chi connectivity index (χ0v) is 17.0. The molecule has 1 saturated heterocycles. The molecular weight excluding hydrogens is 380 g/mol. The number of benzene rings is 2. The summed E-state index contributed by atoms with van der Waals surface area (Å²) in [5.41, 5.74) is 1.91. The molecule has 0 atom stereocenters. The Morgan fingerprint density at radius 2 is 1.36 bits per heavy atom. The lowest BCUT2D eigenvalue weighted by molar-refractivity contribution is 0.0535. The summed E-state index contributed by atoms with van der Waals surface area (Å²) in [4.78, 5) is 29.0. The number of carbonyl (C=O) groups excluding carboxylic acids is 2. The number of nitrogens with zero attached hydrogens (tertiary/aromatic N) is 2. The number of hydrogen-bond acceptors (Lipinski definition) is 4. The van der Waals surface area contributed by atoms with Gasteiger partial charge < -0.3 is 19.3 Å². The van der Waals surface area contributed by atoms with E-state index in [0.29, 0.717) is 53.8 Å². The van der Waals surface area contributed by atoms with Crippen LogP contribution in [0.5, 0.6) is 11.5 Å². The molecule has 0 N–H and O–H groups in total. The van der Waals surface area contributed by atoms with Crippen molar-refractivity contribution in [2.75, 3.05) is 40.4 Å². The standard InChI is InChI=1S/C21H23ClN2O4/c1-14-18(27-2)12-16(13-19(14)28-3)21(26)24-9-7-23(8-10-24)20(25)15-5-4-6-17(22)11-15/h4-6,11-13H,7-10H2,1-3H3. The zero-order chi connectivity index (χ0) is 20.3. The molecule has 2 aromatic carbocycles. The fourth-order valence-electron chi connectivity index (χ4n) is 3.31. The molecular formula is C21H23ClN2O4. The number of piperazine rings is 1. The Balaban J connectivity index is 1.69. The summed E-state index contributed by atoms with van der Waals surface area (Å²) in [6, 6.07) is 10.4. The SMILES string of the molecule is COc1cc(C(=O)N2CCN(C(=O)c3cccc(Cl)c3)CC2)cc(OC)c1C. The van der Waals surface area contributed by atoms with Gasteiger partial charge in [0.1, 0.15) is 11.5 Å². The van der Waals surface area contributed by atoms with Gasteiger partial charge in [0.2, 0.25) is 0 Å². The molecule has 2 aromatic rings. The molecule has 3 rings (SSSR count). The van der Waals surface area contributed by atoms with Gasteiger partial charge in [-0.25, -0.2) is 0 Å². The smallest absolute Gasteiger partial charge is 0.254 e. The molecule has 0 spiro atoms. The molecule has 1 aliphatic rings. The Hall–Kier alpha value is -2.73. The van der Waals surface area contributed by atoms with Crippen LogP contribution in [-0.2, 0) is 0 Å². The largest absolute Gasteiger partial charge is 0.496 e. The average Bonchev–Trinajstić information content (AvgIpc) is 2.73. The summed E-state index contributed by atoms with van der Waals surface area (Å²) in [6.45, 7) is 3.74. The van der Waals surface area contributed by atoms with E-state index in [1.54, 1.807) is 60.4 Å². The van der Waals surface area contributed by atoms with Crippen LogP contribution in [0.15, 0.2) is 36.4 Å². The second kappa shape index (κ2) is 8.52. The molecule has 7 heteroatoms. The molecule has 1 fully saturated rings. The Morgan fingerprint density at radius 3 is 1.82 bits per heavy atom. The maximum absolute atomic E-state index is 12.9. The topological polar surface area (TPSA) is 59.1 Å². The minimum absolute atomic E-state index is 0.0757. The number of hydrogen-bond donors (Lipinski definition) is 0. The van der Waals surface area contributed by atoms with Gasteiger partial charge >= 0.3 is 0 Å². The van der Waals surface area contributed by atoms with E-state index in [1.165, 1.54) is 0 Å². The van der Waals surface area contributed by atoms with Gasteiger partial charge in [0.25, 0.3) is 11.8 Å². The molecule has 0 saturated carbocycles. The van der Waals surface area contributed by atoms with Gasteiger partial charge in [-0.2, -0.15) is 0 Å². The third-order valence-electron chi connectivity index (χ3n) is 4.92. The maximum Gasteiger partial charge on any atom is 0.254 e. The maximum atomic E-state index is 12.9. The number of rotatable bonds is 4. The minimum Gasteiger partial charge on any atom is -0.496 e. The monoisotopic (exact) mass is 402 g/mol. The molecule has 148 valence electrons. The summed E-state index contributed by atoms with van der Waals surface area (Å²) in [6.07, 6.45) is 0. The van der Waals surface area contributed by atoms with E-state index in [0.717, 1.165) is 5.56 Å². The molecule has 0 radical (unpaired) electrons. The first-order valence-electron chi connectivity index (χ1n) is 9.01.